The molecule has 0 radical (unpaired) electrons. The van der Waals surface area contributed by atoms with Crippen LogP contribution in [0, 0.1) is 0 Å². The third kappa shape index (κ3) is 9.65. The Morgan fingerprint density at radius 1 is 0.576 bits per heavy atom. The molecule has 176 valence electrons. The lowest BCUT2D eigenvalue weighted by atomic mass is 10.0. The molecule has 0 amide bonds. The Morgan fingerprint density at radius 3 is 1.55 bits per heavy atom. The molecule has 33 heavy (non-hydrogen) atoms. The van der Waals surface area contributed by atoms with Crippen LogP contribution in [0.4, 0.5) is 0 Å². The molecule has 0 aliphatic rings. The van der Waals surface area contributed by atoms with Crippen molar-refractivity contribution in [2.75, 3.05) is 6.61 Å². The summed E-state index contributed by atoms with van der Waals surface area (Å²) in [6.07, 6.45) is 6.49. The van der Waals surface area contributed by atoms with Crippen LogP contribution >= 0.6 is 7.82 Å². The highest BCUT2D eigenvalue weighted by molar-refractivity contribution is 7.48. The fourth-order valence-corrected chi connectivity index (χ4v) is 4.66. The molecule has 0 heterocycles. The van der Waals surface area contributed by atoms with Crippen LogP contribution in [0.15, 0.2) is 84.9 Å². The third-order valence-electron chi connectivity index (χ3n) is 5.42. The molecular weight excluding hydrogens is 431 g/mol. The quantitative estimate of drug-likeness (QED) is 0.169. The summed E-state index contributed by atoms with van der Waals surface area (Å²) in [5.74, 6) is 0. The van der Waals surface area contributed by atoms with Crippen LogP contribution in [0.1, 0.15) is 54.9 Å². The minimum atomic E-state index is -3.70. The lowest BCUT2D eigenvalue weighted by Crippen LogP contribution is -2.03. The maximum Gasteiger partial charge on any atom is 0.475 e. The molecule has 0 aliphatic heterocycles. The zero-order chi connectivity index (χ0) is 23.2. The van der Waals surface area contributed by atoms with E-state index in [1.54, 1.807) is 0 Å². The average Bonchev–Trinajstić information content (AvgIpc) is 2.87. The first-order chi connectivity index (χ1) is 16.2. The molecule has 0 atom stereocenters. The van der Waals surface area contributed by atoms with Crippen LogP contribution < -0.4 is 0 Å². The maximum absolute atomic E-state index is 13.3. The van der Waals surface area contributed by atoms with Gasteiger partial charge in [0.05, 0.1) is 19.8 Å². The number of phosphoric acid groups is 1. The topological polar surface area (TPSA) is 44.8 Å². The van der Waals surface area contributed by atoms with Crippen molar-refractivity contribution in [1.29, 1.82) is 0 Å². The molecular formula is C28H35O4P. The molecule has 0 N–H and O–H groups in total. The van der Waals surface area contributed by atoms with Crippen molar-refractivity contribution in [2.24, 2.45) is 0 Å². The zero-order valence-electron chi connectivity index (χ0n) is 19.5. The van der Waals surface area contributed by atoms with Crippen LogP contribution in [-0.2, 0) is 44.2 Å². The van der Waals surface area contributed by atoms with Gasteiger partial charge >= 0.3 is 7.82 Å². The Kier molecular flexibility index (Phi) is 10.9. The number of aryl methyl sites for hydroxylation is 2. The SMILES string of the molecule is CCCCCc1ccc(CCCOP(=O)(OCc2ccccc2)OCc2ccccc2)cc1. The monoisotopic (exact) mass is 466 g/mol. The van der Waals surface area contributed by atoms with Gasteiger partial charge in [-0.3, -0.25) is 13.6 Å². The molecule has 0 bridgehead atoms. The van der Waals surface area contributed by atoms with Gasteiger partial charge in [0, 0.05) is 0 Å². The van der Waals surface area contributed by atoms with E-state index in [2.05, 4.69) is 31.2 Å². The number of hydrogen-bond donors (Lipinski definition) is 0. The summed E-state index contributed by atoms with van der Waals surface area (Å²) in [6, 6.07) is 28.0. The average molecular weight is 467 g/mol. The molecule has 3 aromatic rings. The first kappa shape index (κ1) is 25.4. The van der Waals surface area contributed by atoms with Crippen molar-refractivity contribution >= 4 is 7.82 Å². The lowest BCUT2D eigenvalue weighted by Gasteiger charge is -2.18. The van der Waals surface area contributed by atoms with Gasteiger partial charge in [-0.2, -0.15) is 0 Å². The smallest absolute Gasteiger partial charge is 0.287 e. The second-order valence-corrected chi connectivity index (χ2v) is 9.84. The Hall–Kier alpha value is -2.23. The first-order valence-corrected chi connectivity index (χ1v) is 13.3. The molecule has 3 aromatic carbocycles. The van der Waals surface area contributed by atoms with Gasteiger partial charge in [-0.1, -0.05) is 105 Å². The molecule has 0 unspecified atom stereocenters. The second kappa shape index (κ2) is 14.1. The molecule has 0 spiro atoms. The minimum absolute atomic E-state index is 0.173. The van der Waals surface area contributed by atoms with Crippen LogP contribution in [0.2, 0.25) is 0 Å². The second-order valence-electron chi connectivity index (χ2n) is 8.18. The summed E-state index contributed by atoms with van der Waals surface area (Å²) in [5, 5.41) is 0. The summed E-state index contributed by atoms with van der Waals surface area (Å²) >= 11 is 0. The summed E-state index contributed by atoms with van der Waals surface area (Å²) in [4.78, 5) is 0. The molecule has 3 rings (SSSR count). The minimum Gasteiger partial charge on any atom is -0.287 e. The van der Waals surface area contributed by atoms with Gasteiger partial charge in [0.25, 0.3) is 0 Å². The van der Waals surface area contributed by atoms with Gasteiger partial charge in [0.1, 0.15) is 0 Å². The van der Waals surface area contributed by atoms with Crippen molar-refractivity contribution in [3.8, 4) is 0 Å². The molecule has 0 saturated heterocycles. The van der Waals surface area contributed by atoms with E-state index in [9.17, 15) is 4.57 Å². The van der Waals surface area contributed by atoms with Crippen LogP contribution in [0.25, 0.3) is 0 Å². The highest BCUT2D eigenvalue weighted by Crippen LogP contribution is 2.51. The van der Waals surface area contributed by atoms with Crippen molar-refractivity contribution in [3.63, 3.8) is 0 Å². The molecule has 5 heteroatoms. The highest BCUT2D eigenvalue weighted by Gasteiger charge is 2.27. The fourth-order valence-electron chi connectivity index (χ4n) is 3.47. The van der Waals surface area contributed by atoms with E-state index in [4.69, 9.17) is 13.6 Å². The van der Waals surface area contributed by atoms with Gasteiger partial charge < -0.3 is 0 Å². The Bertz CT molecular complexity index is 911. The number of unbranched alkanes of at least 4 members (excludes halogenated alkanes) is 2. The summed E-state index contributed by atoms with van der Waals surface area (Å²) in [7, 11) is -3.70. The maximum atomic E-state index is 13.3. The molecule has 0 aliphatic carbocycles. The standard InChI is InChI=1S/C28H35O4P/c1-2-3-6-12-25-18-20-26(21-19-25)17-11-22-30-33(29,31-23-27-13-7-4-8-14-27)32-24-28-15-9-5-10-16-28/h4-5,7-10,13-16,18-21H,2-3,6,11-12,17,22-24H2,1H3. The van der Waals surface area contributed by atoms with Crippen LogP contribution in [0.5, 0.6) is 0 Å². The summed E-state index contributed by atoms with van der Waals surface area (Å²) in [5.41, 5.74) is 4.48. The van der Waals surface area contributed by atoms with Crippen LogP contribution in [-0.4, -0.2) is 6.61 Å². The predicted octanol–water partition coefficient (Wildman–Crippen LogP) is 7.91. The van der Waals surface area contributed by atoms with Crippen molar-refractivity contribution in [1.82, 2.24) is 0 Å². The normalized spacial score (nSPS) is 11.5. The zero-order valence-corrected chi connectivity index (χ0v) is 20.4. The van der Waals surface area contributed by atoms with Gasteiger partial charge in [-0.15, -0.1) is 0 Å². The van der Waals surface area contributed by atoms with Crippen molar-refractivity contribution < 1.29 is 18.1 Å². The number of phosphoric ester groups is 1. The highest BCUT2D eigenvalue weighted by atomic mass is 31.2. The lowest BCUT2D eigenvalue weighted by molar-refractivity contribution is 0.102. The van der Waals surface area contributed by atoms with E-state index in [0.29, 0.717) is 6.61 Å². The number of hydrogen-bond acceptors (Lipinski definition) is 4. The van der Waals surface area contributed by atoms with Crippen LogP contribution in [0.3, 0.4) is 0 Å². The summed E-state index contributed by atoms with van der Waals surface area (Å²) in [6.45, 7) is 2.88. The Labute approximate surface area is 198 Å². The van der Waals surface area contributed by atoms with E-state index in [1.165, 1.54) is 30.4 Å². The van der Waals surface area contributed by atoms with Crippen molar-refractivity contribution in [3.05, 3.63) is 107 Å². The van der Waals surface area contributed by atoms with Gasteiger partial charge in [-0.05, 0) is 47.9 Å². The van der Waals surface area contributed by atoms with E-state index >= 15 is 0 Å². The molecule has 4 nitrogen and oxygen atoms in total. The largest absolute Gasteiger partial charge is 0.475 e. The number of benzene rings is 3. The molecule has 0 saturated carbocycles. The Balaban J connectivity index is 1.49. The van der Waals surface area contributed by atoms with E-state index < -0.39 is 7.82 Å². The van der Waals surface area contributed by atoms with Gasteiger partial charge in [-0.25, -0.2) is 4.57 Å². The van der Waals surface area contributed by atoms with Gasteiger partial charge in [0.2, 0.25) is 0 Å². The molecule has 0 fully saturated rings. The molecule has 0 aromatic heterocycles. The van der Waals surface area contributed by atoms with Crippen molar-refractivity contribution in [2.45, 2.75) is 58.7 Å². The first-order valence-electron chi connectivity index (χ1n) is 11.9. The van der Waals surface area contributed by atoms with E-state index in [0.717, 1.165) is 30.4 Å². The third-order valence-corrected chi connectivity index (χ3v) is 6.80. The summed E-state index contributed by atoms with van der Waals surface area (Å²) < 4.78 is 30.3. The predicted molar refractivity (Wildman–Crippen MR) is 134 cm³/mol. The van der Waals surface area contributed by atoms with E-state index in [-0.39, 0.29) is 13.2 Å². The van der Waals surface area contributed by atoms with Gasteiger partial charge in [0.15, 0.2) is 0 Å². The number of rotatable bonds is 15. The fraction of sp³-hybridized carbons (Fsp3) is 0.357. The van der Waals surface area contributed by atoms with E-state index in [1.807, 2.05) is 60.7 Å². The Morgan fingerprint density at radius 2 is 1.06 bits per heavy atom.